The Balaban J connectivity index is 1.84. The second kappa shape index (κ2) is 6.36. The van der Waals surface area contributed by atoms with E-state index < -0.39 is 10.0 Å². The normalized spacial score (nSPS) is 11.4. The predicted molar refractivity (Wildman–Crippen MR) is 79.8 cm³/mol. The quantitative estimate of drug-likeness (QED) is 0.886. The van der Waals surface area contributed by atoms with E-state index in [1.54, 1.807) is 11.8 Å². The SMILES string of the molecule is CS(=O)(=O)Nc1nnc(CSCc2ccccc2)s1. The maximum absolute atomic E-state index is 11.0. The van der Waals surface area contributed by atoms with Crippen LogP contribution in [0.4, 0.5) is 5.13 Å². The molecule has 0 bridgehead atoms. The number of rotatable bonds is 6. The van der Waals surface area contributed by atoms with Crippen molar-refractivity contribution in [3.05, 3.63) is 40.9 Å². The lowest BCUT2D eigenvalue weighted by atomic mass is 10.2. The van der Waals surface area contributed by atoms with E-state index in [2.05, 4.69) is 27.1 Å². The molecule has 0 aliphatic heterocycles. The van der Waals surface area contributed by atoms with Gasteiger partial charge in [-0.25, -0.2) is 8.42 Å². The number of benzene rings is 1. The number of hydrogen-bond donors (Lipinski definition) is 1. The van der Waals surface area contributed by atoms with Crippen LogP contribution in [0.3, 0.4) is 0 Å². The maximum atomic E-state index is 11.0. The van der Waals surface area contributed by atoms with E-state index >= 15 is 0 Å². The summed E-state index contributed by atoms with van der Waals surface area (Å²) in [6, 6.07) is 10.2. The van der Waals surface area contributed by atoms with Crippen LogP contribution in [0.2, 0.25) is 0 Å². The highest BCUT2D eigenvalue weighted by molar-refractivity contribution is 7.97. The van der Waals surface area contributed by atoms with Crippen molar-refractivity contribution >= 4 is 38.3 Å². The molecule has 0 unspecified atom stereocenters. The standard InChI is InChI=1S/C11H13N3O2S3/c1-19(15,16)14-11-13-12-10(18-11)8-17-7-9-5-3-2-4-6-9/h2-6H,7-8H2,1H3,(H,13,14). The Kier molecular flexibility index (Phi) is 4.78. The molecule has 0 aliphatic rings. The maximum Gasteiger partial charge on any atom is 0.231 e. The highest BCUT2D eigenvalue weighted by Gasteiger charge is 2.08. The molecule has 0 spiro atoms. The highest BCUT2D eigenvalue weighted by Crippen LogP contribution is 2.22. The molecule has 2 aromatic rings. The van der Waals surface area contributed by atoms with Crippen LogP contribution in [0.1, 0.15) is 10.6 Å². The molecule has 8 heteroatoms. The summed E-state index contributed by atoms with van der Waals surface area (Å²) in [5, 5.41) is 8.87. The lowest BCUT2D eigenvalue weighted by Gasteiger charge is -1.98. The van der Waals surface area contributed by atoms with Crippen molar-refractivity contribution < 1.29 is 8.42 Å². The Labute approximate surface area is 120 Å². The first-order valence-corrected chi connectivity index (χ1v) is 9.31. The molecule has 0 saturated carbocycles. The van der Waals surface area contributed by atoms with Gasteiger partial charge < -0.3 is 0 Å². The number of nitrogens with one attached hydrogen (secondary N) is 1. The number of nitrogens with zero attached hydrogens (tertiary/aromatic N) is 2. The van der Waals surface area contributed by atoms with Crippen molar-refractivity contribution in [3.63, 3.8) is 0 Å². The minimum absolute atomic E-state index is 0.317. The molecule has 1 aromatic heterocycles. The molecule has 0 radical (unpaired) electrons. The molecule has 102 valence electrons. The molecule has 0 saturated heterocycles. The van der Waals surface area contributed by atoms with E-state index in [0.29, 0.717) is 5.13 Å². The van der Waals surface area contributed by atoms with Crippen molar-refractivity contribution in [2.24, 2.45) is 0 Å². The van der Waals surface area contributed by atoms with Gasteiger partial charge in [-0.15, -0.1) is 22.0 Å². The number of anilines is 1. The van der Waals surface area contributed by atoms with Crippen LogP contribution in [0, 0.1) is 0 Å². The fourth-order valence-electron chi connectivity index (χ4n) is 1.34. The number of sulfonamides is 1. The van der Waals surface area contributed by atoms with Gasteiger partial charge in [-0.05, 0) is 5.56 Å². The van der Waals surface area contributed by atoms with Gasteiger partial charge in [0.15, 0.2) is 0 Å². The highest BCUT2D eigenvalue weighted by atomic mass is 32.2. The first-order valence-electron chi connectivity index (χ1n) is 5.45. The second-order valence-corrected chi connectivity index (χ2v) is 7.65. The lowest BCUT2D eigenvalue weighted by molar-refractivity contribution is 0.606. The van der Waals surface area contributed by atoms with Gasteiger partial charge in [-0.3, -0.25) is 4.72 Å². The van der Waals surface area contributed by atoms with Gasteiger partial charge in [0.05, 0.1) is 6.26 Å². The third kappa shape index (κ3) is 5.17. The molecule has 0 amide bonds. The Hall–Kier alpha value is -1.12. The third-order valence-corrected chi connectivity index (χ3v) is 4.81. The average molecular weight is 315 g/mol. The predicted octanol–water partition coefficient (Wildman–Crippen LogP) is 2.34. The summed E-state index contributed by atoms with van der Waals surface area (Å²) in [4.78, 5) is 0. The van der Waals surface area contributed by atoms with E-state index in [0.717, 1.165) is 22.8 Å². The van der Waals surface area contributed by atoms with Gasteiger partial charge in [-0.1, -0.05) is 41.7 Å². The molecule has 1 aromatic carbocycles. The molecule has 1 heterocycles. The van der Waals surface area contributed by atoms with Crippen molar-refractivity contribution in [2.45, 2.75) is 11.5 Å². The summed E-state index contributed by atoms with van der Waals surface area (Å²) >= 11 is 2.98. The van der Waals surface area contributed by atoms with E-state index in [9.17, 15) is 8.42 Å². The van der Waals surface area contributed by atoms with E-state index in [4.69, 9.17) is 0 Å². The van der Waals surface area contributed by atoms with Crippen molar-refractivity contribution in [1.82, 2.24) is 10.2 Å². The minimum atomic E-state index is -3.28. The van der Waals surface area contributed by atoms with Crippen LogP contribution in [0.5, 0.6) is 0 Å². The van der Waals surface area contributed by atoms with Gasteiger partial charge >= 0.3 is 0 Å². The smallest absolute Gasteiger partial charge is 0.231 e. The zero-order valence-corrected chi connectivity index (χ0v) is 12.7. The second-order valence-electron chi connectivity index (χ2n) is 3.85. The minimum Gasteiger partial charge on any atom is -0.257 e. The van der Waals surface area contributed by atoms with Gasteiger partial charge in [-0.2, -0.15) is 0 Å². The lowest BCUT2D eigenvalue weighted by Crippen LogP contribution is -2.08. The molecule has 0 fully saturated rings. The topological polar surface area (TPSA) is 72.0 Å². The van der Waals surface area contributed by atoms with Crippen LogP contribution >= 0.6 is 23.1 Å². The first-order chi connectivity index (χ1) is 9.03. The van der Waals surface area contributed by atoms with Gasteiger partial charge in [0.2, 0.25) is 15.2 Å². The summed E-state index contributed by atoms with van der Waals surface area (Å²) in [6.45, 7) is 0. The van der Waals surface area contributed by atoms with Crippen molar-refractivity contribution in [1.29, 1.82) is 0 Å². The fraction of sp³-hybridized carbons (Fsp3) is 0.273. The Morgan fingerprint density at radius 1 is 1.21 bits per heavy atom. The van der Waals surface area contributed by atoms with E-state index in [1.807, 2.05) is 18.2 Å². The molecular formula is C11H13N3O2S3. The van der Waals surface area contributed by atoms with Crippen LogP contribution in [-0.2, 0) is 21.5 Å². The Morgan fingerprint density at radius 3 is 2.63 bits per heavy atom. The van der Waals surface area contributed by atoms with Crippen molar-refractivity contribution in [3.8, 4) is 0 Å². The molecule has 0 atom stereocenters. The number of thioether (sulfide) groups is 1. The monoisotopic (exact) mass is 315 g/mol. The zero-order valence-electron chi connectivity index (χ0n) is 10.2. The average Bonchev–Trinajstić information content (AvgIpc) is 2.76. The Bertz CT molecular complexity index is 626. The van der Waals surface area contributed by atoms with Crippen LogP contribution in [-0.4, -0.2) is 24.9 Å². The summed E-state index contributed by atoms with van der Waals surface area (Å²) < 4.78 is 24.4. The molecule has 19 heavy (non-hydrogen) atoms. The Morgan fingerprint density at radius 2 is 1.95 bits per heavy atom. The van der Waals surface area contributed by atoms with Crippen LogP contribution in [0.25, 0.3) is 0 Å². The zero-order chi connectivity index (χ0) is 13.7. The fourth-order valence-corrected chi connectivity index (χ4v) is 3.96. The molecule has 5 nitrogen and oxygen atoms in total. The summed E-state index contributed by atoms with van der Waals surface area (Å²) in [5.74, 6) is 1.62. The molecular weight excluding hydrogens is 302 g/mol. The van der Waals surface area contributed by atoms with Gasteiger partial charge in [0, 0.05) is 11.5 Å². The first kappa shape index (κ1) is 14.3. The summed E-state index contributed by atoms with van der Waals surface area (Å²) in [5.41, 5.74) is 1.26. The summed E-state index contributed by atoms with van der Waals surface area (Å²) in [7, 11) is -3.28. The van der Waals surface area contributed by atoms with E-state index in [-0.39, 0.29) is 0 Å². The third-order valence-electron chi connectivity index (χ3n) is 2.08. The number of aromatic nitrogens is 2. The van der Waals surface area contributed by atoms with E-state index in [1.165, 1.54) is 16.9 Å². The molecule has 0 aliphatic carbocycles. The van der Waals surface area contributed by atoms with Crippen LogP contribution < -0.4 is 4.72 Å². The molecule has 1 N–H and O–H groups in total. The van der Waals surface area contributed by atoms with Crippen LogP contribution in [0.15, 0.2) is 30.3 Å². The largest absolute Gasteiger partial charge is 0.257 e. The van der Waals surface area contributed by atoms with Gasteiger partial charge in [0.1, 0.15) is 5.01 Å². The van der Waals surface area contributed by atoms with Crippen molar-refractivity contribution in [2.75, 3.05) is 11.0 Å². The van der Waals surface area contributed by atoms with Gasteiger partial charge in [0.25, 0.3) is 0 Å². The summed E-state index contributed by atoms with van der Waals surface area (Å²) in [6.07, 6.45) is 1.10. The number of hydrogen-bond acceptors (Lipinski definition) is 6. The molecule has 2 rings (SSSR count).